The quantitative estimate of drug-likeness (QED) is 0.374. The lowest BCUT2D eigenvalue weighted by atomic mass is 10.1. The number of aromatic nitrogens is 4. The summed E-state index contributed by atoms with van der Waals surface area (Å²) < 4.78 is 37.2. The van der Waals surface area contributed by atoms with Gasteiger partial charge in [0.15, 0.2) is 0 Å². The van der Waals surface area contributed by atoms with E-state index in [9.17, 15) is 0 Å². The molecule has 3 aromatic heterocycles. The lowest BCUT2D eigenvalue weighted by Gasteiger charge is -2.35. The number of halogens is 2. The Hall–Kier alpha value is -3.67. The zero-order valence-corrected chi connectivity index (χ0v) is 22.3. The number of ether oxygens (including phenoxy) is 1. The van der Waals surface area contributed by atoms with Gasteiger partial charge in [0.05, 0.1) is 30.8 Å². The molecule has 3 fully saturated rings. The van der Waals surface area contributed by atoms with Gasteiger partial charge < -0.3 is 19.5 Å². The van der Waals surface area contributed by atoms with Crippen LogP contribution in [0.4, 0.5) is 26.2 Å². The van der Waals surface area contributed by atoms with Crippen LogP contribution in [0, 0.1) is 11.6 Å². The molecule has 1 aliphatic carbocycles. The molecule has 7 rings (SSSR count). The van der Waals surface area contributed by atoms with Crippen molar-refractivity contribution in [2.75, 3.05) is 62.7 Å². The second-order valence-corrected chi connectivity index (χ2v) is 10.7. The van der Waals surface area contributed by atoms with Crippen molar-refractivity contribution in [1.82, 2.24) is 29.3 Å². The smallest absolute Gasteiger partial charge is 0.229 e. The van der Waals surface area contributed by atoms with Gasteiger partial charge in [-0.2, -0.15) is 4.98 Å². The summed E-state index contributed by atoms with van der Waals surface area (Å²) >= 11 is 0. The fourth-order valence-corrected chi connectivity index (χ4v) is 5.58. The predicted octanol–water partition coefficient (Wildman–Crippen LogP) is 3.95. The Labute approximate surface area is 231 Å². The van der Waals surface area contributed by atoms with E-state index in [2.05, 4.69) is 30.1 Å². The first kappa shape index (κ1) is 25.3. The molecule has 0 unspecified atom stereocenters. The first-order chi connectivity index (χ1) is 19.6. The molecule has 0 amide bonds. The Morgan fingerprint density at radius 2 is 1.68 bits per heavy atom. The average Bonchev–Trinajstić information content (AvgIpc) is 3.75. The van der Waals surface area contributed by atoms with E-state index >= 15 is 8.78 Å². The molecule has 4 aromatic rings. The first-order valence-electron chi connectivity index (χ1n) is 14.0. The predicted molar refractivity (Wildman–Crippen MR) is 149 cm³/mol. The molecule has 5 heterocycles. The Kier molecular flexibility index (Phi) is 6.78. The molecular weight excluding hydrogens is 514 g/mol. The number of rotatable bonds is 7. The van der Waals surface area contributed by atoms with Crippen LogP contribution in [0.2, 0.25) is 0 Å². The molecule has 3 aliphatic rings. The standard InChI is InChI=1S/C29H32F2N8O/c30-25-15-23(16-26(31)24(25)19-36-11-13-40-14-12-36)39-6-5-20-17-33-29(35-28(20)39)34-21-1-4-27(32-18-21)38-9-7-37(8-10-38)22-2-3-22/h1,4-6,15-18,22H,2-3,7-14,19H2,(H,33,34,35). The largest absolute Gasteiger partial charge is 0.379 e. The number of anilines is 3. The van der Waals surface area contributed by atoms with Crippen molar-refractivity contribution in [2.45, 2.75) is 25.4 Å². The minimum absolute atomic E-state index is 0.0693. The maximum absolute atomic E-state index is 15.1. The Morgan fingerprint density at radius 1 is 0.900 bits per heavy atom. The highest BCUT2D eigenvalue weighted by molar-refractivity contribution is 5.78. The minimum atomic E-state index is -0.573. The highest BCUT2D eigenvalue weighted by atomic mass is 19.1. The van der Waals surface area contributed by atoms with Crippen molar-refractivity contribution in [3.63, 3.8) is 0 Å². The molecule has 11 heteroatoms. The molecule has 9 nitrogen and oxygen atoms in total. The maximum Gasteiger partial charge on any atom is 0.229 e. The van der Waals surface area contributed by atoms with E-state index in [1.165, 1.54) is 25.0 Å². The summed E-state index contributed by atoms with van der Waals surface area (Å²) in [5.74, 6) is 0.198. The number of nitrogens with zero attached hydrogens (tertiary/aromatic N) is 7. The molecule has 2 saturated heterocycles. The van der Waals surface area contributed by atoms with Crippen LogP contribution in [0.1, 0.15) is 18.4 Å². The van der Waals surface area contributed by atoms with E-state index in [1.54, 1.807) is 23.2 Å². The fraction of sp³-hybridized carbons (Fsp3) is 0.414. The van der Waals surface area contributed by atoms with Crippen molar-refractivity contribution in [3.8, 4) is 5.69 Å². The van der Waals surface area contributed by atoms with Crippen LogP contribution in [-0.4, -0.2) is 87.8 Å². The maximum atomic E-state index is 15.1. The second-order valence-electron chi connectivity index (χ2n) is 10.7. The third-order valence-corrected chi connectivity index (χ3v) is 8.02. The molecule has 1 N–H and O–H groups in total. The number of morpholine rings is 1. The van der Waals surface area contributed by atoms with Gasteiger partial charge in [-0.15, -0.1) is 0 Å². The van der Waals surface area contributed by atoms with Gasteiger partial charge in [0.1, 0.15) is 23.1 Å². The van der Waals surface area contributed by atoms with Crippen LogP contribution in [0.5, 0.6) is 0 Å². The lowest BCUT2D eigenvalue weighted by molar-refractivity contribution is 0.0332. The van der Waals surface area contributed by atoms with Gasteiger partial charge in [-0.05, 0) is 43.2 Å². The summed E-state index contributed by atoms with van der Waals surface area (Å²) in [4.78, 5) is 20.6. The second kappa shape index (κ2) is 10.7. The normalized spacial score (nSPS) is 18.9. The SMILES string of the molecule is Fc1cc(-n2ccc3cnc(Nc4ccc(N5CCN(C6CC6)CC5)nc4)nc32)cc(F)c1CN1CCOCC1. The first-order valence-corrected chi connectivity index (χ1v) is 14.0. The Bertz CT molecular complexity index is 1470. The molecule has 1 aromatic carbocycles. The summed E-state index contributed by atoms with van der Waals surface area (Å²) in [6, 6.07) is 9.34. The van der Waals surface area contributed by atoms with E-state index < -0.39 is 11.6 Å². The topological polar surface area (TPSA) is 74.6 Å². The van der Waals surface area contributed by atoms with Gasteiger partial charge in [0, 0.05) is 75.2 Å². The van der Waals surface area contributed by atoms with Crippen LogP contribution in [0.25, 0.3) is 16.7 Å². The number of pyridine rings is 1. The highest BCUT2D eigenvalue weighted by Crippen LogP contribution is 2.29. The fourth-order valence-electron chi connectivity index (χ4n) is 5.58. The summed E-state index contributed by atoms with van der Waals surface area (Å²) in [6.07, 6.45) is 7.91. The van der Waals surface area contributed by atoms with E-state index in [1.807, 2.05) is 23.1 Å². The van der Waals surface area contributed by atoms with Crippen molar-refractivity contribution < 1.29 is 13.5 Å². The van der Waals surface area contributed by atoms with E-state index in [-0.39, 0.29) is 12.1 Å². The number of hydrogen-bond acceptors (Lipinski definition) is 8. The van der Waals surface area contributed by atoms with Gasteiger partial charge in [-0.25, -0.2) is 18.7 Å². The van der Waals surface area contributed by atoms with Gasteiger partial charge in [-0.3, -0.25) is 9.80 Å². The number of benzene rings is 1. The zero-order valence-electron chi connectivity index (χ0n) is 22.3. The zero-order chi connectivity index (χ0) is 27.1. The lowest BCUT2D eigenvalue weighted by Crippen LogP contribution is -2.47. The molecule has 208 valence electrons. The van der Waals surface area contributed by atoms with E-state index in [4.69, 9.17) is 4.74 Å². The molecule has 0 radical (unpaired) electrons. The Balaban J connectivity index is 1.07. The van der Waals surface area contributed by atoms with E-state index in [0.717, 1.165) is 49.1 Å². The summed E-state index contributed by atoms with van der Waals surface area (Å²) in [5.41, 5.74) is 1.76. The number of hydrogen-bond donors (Lipinski definition) is 1. The van der Waals surface area contributed by atoms with Crippen LogP contribution in [0.15, 0.2) is 48.9 Å². The molecular formula is C29H32F2N8O. The highest BCUT2D eigenvalue weighted by Gasteiger charge is 2.31. The van der Waals surface area contributed by atoms with E-state index in [0.29, 0.717) is 43.6 Å². The average molecular weight is 547 g/mol. The third-order valence-electron chi connectivity index (χ3n) is 8.02. The van der Waals surface area contributed by atoms with Crippen molar-refractivity contribution >= 4 is 28.5 Å². The number of nitrogens with one attached hydrogen (secondary N) is 1. The molecule has 0 bridgehead atoms. The van der Waals surface area contributed by atoms with Gasteiger partial charge in [-0.1, -0.05) is 0 Å². The summed E-state index contributed by atoms with van der Waals surface area (Å²) in [5, 5.41) is 3.98. The minimum Gasteiger partial charge on any atom is -0.379 e. The van der Waals surface area contributed by atoms with Crippen molar-refractivity contribution in [2.24, 2.45) is 0 Å². The summed E-state index contributed by atoms with van der Waals surface area (Å²) in [7, 11) is 0. The monoisotopic (exact) mass is 546 g/mol. The molecule has 1 saturated carbocycles. The molecule has 2 aliphatic heterocycles. The van der Waals surface area contributed by atoms with Gasteiger partial charge >= 0.3 is 0 Å². The third kappa shape index (κ3) is 5.24. The van der Waals surface area contributed by atoms with Crippen LogP contribution in [-0.2, 0) is 11.3 Å². The van der Waals surface area contributed by atoms with Crippen molar-refractivity contribution in [3.05, 3.63) is 66.1 Å². The van der Waals surface area contributed by atoms with Gasteiger partial charge in [0.2, 0.25) is 5.95 Å². The van der Waals surface area contributed by atoms with Crippen LogP contribution < -0.4 is 10.2 Å². The van der Waals surface area contributed by atoms with Crippen molar-refractivity contribution in [1.29, 1.82) is 0 Å². The number of fused-ring (bicyclic) bond motifs is 1. The molecule has 40 heavy (non-hydrogen) atoms. The van der Waals surface area contributed by atoms with Crippen LogP contribution >= 0.6 is 0 Å². The van der Waals surface area contributed by atoms with Crippen LogP contribution in [0.3, 0.4) is 0 Å². The molecule has 0 atom stereocenters. The Morgan fingerprint density at radius 3 is 2.38 bits per heavy atom. The van der Waals surface area contributed by atoms with Gasteiger partial charge in [0.25, 0.3) is 0 Å². The number of piperazine rings is 1. The molecule has 0 spiro atoms. The summed E-state index contributed by atoms with van der Waals surface area (Å²) in [6.45, 7) is 6.83.